The third-order valence-corrected chi connectivity index (χ3v) is 2.23. The Bertz CT molecular complexity index is 331. The summed E-state index contributed by atoms with van der Waals surface area (Å²) in [5, 5.41) is 9.31. The Morgan fingerprint density at radius 3 is 2.33 bits per heavy atom. The fraction of sp³-hybridized carbons (Fsp3) is 0.444. The lowest BCUT2D eigenvalue weighted by Gasteiger charge is -2.00. The zero-order chi connectivity index (χ0) is 9.30. The molecule has 0 aliphatic heterocycles. The lowest BCUT2D eigenvalue weighted by atomic mass is 10.1. The number of H-pyrrole nitrogens is 1. The van der Waals surface area contributed by atoms with Crippen LogP contribution in [0.4, 0.5) is 0 Å². The molecule has 0 amide bonds. The van der Waals surface area contributed by atoms with Crippen LogP contribution in [0.1, 0.15) is 36.7 Å². The summed E-state index contributed by atoms with van der Waals surface area (Å²) in [5.74, 6) is 0.332. The quantitative estimate of drug-likeness (QED) is 0.713. The van der Waals surface area contributed by atoms with Gasteiger partial charge in [-0.15, -0.1) is 0 Å². The predicted molar refractivity (Wildman–Crippen MR) is 49.3 cm³/mol. The molecule has 1 aromatic heterocycles. The van der Waals surface area contributed by atoms with E-state index in [0.29, 0.717) is 16.5 Å². The van der Waals surface area contributed by atoms with Gasteiger partial charge in [0.2, 0.25) is 0 Å². The van der Waals surface area contributed by atoms with E-state index in [2.05, 4.69) is 11.1 Å². The predicted octanol–water partition coefficient (Wildman–Crippen LogP) is 2.97. The number of aromatic amines is 1. The molecule has 0 radical (unpaired) electrons. The summed E-state index contributed by atoms with van der Waals surface area (Å²) < 4.78 is 0. The number of aryl methyl sites for hydroxylation is 1. The highest BCUT2D eigenvalue weighted by molar-refractivity contribution is 6.32. The van der Waals surface area contributed by atoms with Crippen molar-refractivity contribution in [2.24, 2.45) is 0 Å². The summed E-state index contributed by atoms with van der Waals surface area (Å²) in [6.45, 7) is 5.94. The van der Waals surface area contributed by atoms with Crippen molar-refractivity contribution in [2.45, 2.75) is 26.7 Å². The number of nitrogens with zero attached hydrogens (tertiary/aromatic N) is 1. The number of nitrogens with one attached hydrogen (secondary N) is 1. The second-order valence-corrected chi connectivity index (χ2v) is 3.50. The van der Waals surface area contributed by atoms with Gasteiger partial charge < -0.3 is 4.98 Å². The molecule has 0 atom stereocenters. The summed E-state index contributed by atoms with van der Waals surface area (Å²) >= 11 is 5.97. The van der Waals surface area contributed by atoms with Crippen LogP contribution >= 0.6 is 11.6 Å². The first kappa shape index (κ1) is 9.15. The SMILES string of the molecule is Cc1[nH]c(C(C)C)c(Cl)c1C#N. The van der Waals surface area contributed by atoms with Crippen molar-refractivity contribution in [3.63, 3.8) is 0 Å². The van der Waals surface area contributed by atoms with Crippen LogP contribution in [0.15, 0.2) is 0 Å². The minimum absolute atomic E-state index is 0.332. The molecule has 0 aliphatic carbocycles. The number of rotatable bonds is 1. The second-order valence-electron chi connectivity index (χ2n) is 3.12. The summed E-state index contributed by atoms with van der Waals surface area (Å²) in [6, 6.07) is 2.08. The van der Waals surface area contributed by atoms with E-state index in [1.165, 1.54) is 0 Å². The number of halogens is 1. The molecule has 12 heavy (non-hydrogen) atoms. The Balaban J connectivity index is 3.29. The molecule has 0 aliphatic rings. The van der Waals surface area contributed by atoms with Crippen LogP contribution in [0.3, 0.4) is 0 Å². The van der Waals surface area contributed by atoms with Gasteiger partial charge in [-0.3, -0.25) is 0 Å². The highest BCUT2D eigenvalue weighted by Crippen LogP contribution is 2.28. The molecule has 0 aromatic carbocycles. The standard InChI is InChI=1S/C9H11ClN2/c1-5(2)9-8(10)7(4-11)6(3)12-9/h5,12H,1-3H3. The first-order valence-electron chi connectivity index (χ1n) is 3.86. The lowest BCUT2D eigenvalue weighted by molar-refractivity contribution is 0.829. The average molecular weight is 183 g/mol. The van der Waals surface area contributed by atoms with Gasteiger partial charge in [-0.2, -0.15) is 5.26 Å². The normalized spacial score (nSPS) is 10.3. The van der Waals surface area contributed by atoms with Gasteiger partial charge >= 0.3 is 0 Å². The van der Waals surface area contributed by atoms with Crippen LogP contribution < -0.4 is 0 Å². The molecule has 0 fully saturated rings. The third-order valence-electron chi connectivity index (χ3n) is 1.84. The molecule has 1 N–H and O–H groups in total. The Hall–Kier alpha value is -0.940. The van der Waals surface area contributed by atoms with Crippen LogP contribution in [-0.2, 0) is 0 Å². The van der Waals surface area contributed by atoms with E-state index in [1.54, 1.807) is 0 Å². The Morgan fingerprint density at radius 1 is 1.50 bits per heavy atom. The first-order valence-corrected chi connectivity index (χ1v) is 4.23. The molecular weight excluding hydrogens is 172 g/mol. The maximum Gasteiger partial charge on any atom is 0.103 e. The maximum absolute atomic E-state index is 8.74. The van der Waals surface area contributed by atoms with Gasteiger partial charge in [0.25, 0.3) is 0 Å². The van der Waals surface area contributed by atoms with E-state index in [9.17, 15) is 0 Å². The number of aromatic nitrogens is 1. The van der Waals surface area contributed by atoms with Gasteiger partial charge in [0.1, 0.15) is 6.07 Å². The minimum Gasteiger partial charge on any atom is -0.360 e. The van der Waals surface area contributed by atoms with E-state index in [4.69, 9.17) is 16.9 Å². The summed E-state index contributed by atoms with van der Waals surface area (Å²) in [6.07, 6.45) is 0. The molecule has 0 saturated carbocycles. The van der Waals surface area contributed by atoms with Crippen molar-refractivity contribution in [3.8, 4) is 6.07 Å². The van der Waals surface area contributed by atoms with Gasteiger partial charge in [0.15, 0.2) is 0 Å². The fourth-order valence-corrected chi connectivity index (χ4v) is 1.60. The van der Waals surface area contributed by atoms with Gasteiger partial charge in [0.05, 0.1) is 10.6 Å². The fourth-order valence-electron chi connectivity index (χ4n) is 1.15. The maximum atomic E-state index is 8.74. The van der Waals surface area contributed by atoms with Crippen LogP contribution in [0.2, 0.25) is 5.02 Å². The highest BCUT2D eigenvalue weighted by Gasteiger charge is 2.14. The molecule has 0 bridgehead atoms. The molecule has 1 aromatic rings. The van der Waals surface area contributed by atoms with Crippen LogP contribution in [0.25, 0.3) is 0 Å². The third kappa shape index (κ3) is 1.33. The van der Waals surface area contributed by atoms with E-state index in [-0.39, 0.29) is 0 Å². The van der Waals surface area contributed by atoms with Crippen molar-refractivity contribution >= 4 is 11.6 Å². The summed E-state index contributed by atoms with van der Waals surface area (Å²) in [7, 11) is 0. The smallest absolute Gasteiger partial charge is 0.103 e. The van der Waals surface area contributed by atoms with Crippen molar-refractivity contribution in [1.82, 2.24) is 4.98 Å². The summed E-state index contributed by atoms with van der Waals surface area (Å²) in [5.41, 5.74) is 2.37. The van der Waals surface area contributed by atoms with Crippen molar-refractivity contribution in [2.75, 3.05) is 0 Å². The van der Waals surface area contributed by atoms with E-state index in [1.807, 2.05) is 20.8 Å². The zero-order valence-electron chi connectivity index (χ0n) is 7.40. The Labute approximate surface area is 77.2 Å². The molecule has 0 spiro atoms. The van der Waals surface area contributed by atoms with E-state index < -0.39 is 0 Å². The summed E-state index contributed by atoms with van der Waals surface area (Å²) in [4.78, 5) is 3.11. The van der Waals surface area contributed by atoms with Gasteiger partial charge in [-0.05, 0) is 12.8 Å². The molecule has 2 nitrogen and oxygen atoms in total. The second kappa shape index (κ2) is 3.20. The monoisotopic (exact) mass is 182 g/mol. The highest BCUT2D eigenvalue weighted by atomic mass is 35.5. The van der Waals surface area contributed by atoms with Crippen molar-refractivity contribution in [3.05, 3.63) is 22.0 Å². The number of hydrogen-bond acceptors (Lipinski definition) is 1. The minimum atomic E-state index is 0.332. The lowest BCUT2D eigenvalue weighted by Crippen LogP contribution is -1.87. The molecule has 1 heterocycles. The van der Waals surface area contributed by atoms with Gasteiger partial charge in [-0.25, -0.2) is 0 Å². The first-order chi connectivity index (χ1) is 5.57. The molecule has 64 valence electrons. The van der Waals surface area contributed by atoms with Crippen LogP contribution in [0, 0.1) is 18.3 Å². The Kier molecular flexibility index (Phi) is 2.44. The van der Waals surface area contributed by atoms with E-state index >= 15 is 0 Å². The largest absolute Gasteiger partial charge is 0.360 e. The molecule has 1 rings (SSSR count). The Morgan fingerprint density at radius 2 is 2.08 bits per heavy atom. The topological polar surface area (TPSA) is 39.6 Å². The molecular formula is C9H11ClN2. The number of hydrogen-bond donors (Lipinski definition) is 1. The average Bonchev–Trinajstić information content (AvgIpc) is 2.27. The van der Waals surface area contributed by atoms with Crippen molar-refractivity contribution in [1.29, 1.82) is 5.26 Å². The molecule has 0 saturated heterocycles. The molecule has 0 unspecified atom stereocenters. The van der Waals surface area contributed by atoms with Crippen LogP contribution in [0.5, 0.6) is 0 Å². The molecule has 3 heteroatoms. The number of nitriles is 1. The van der Waals surface area contributed by atoms with Crippen molar-refractivity contribution < 1.29 is 0 Å². The van der Waals surface area contributed by atoms with Gasteiger partial charge in [0, 0.05) is 11.4 Å². The van der Waals surface area contributed by atoms with Gasteiger partial charge in [-0.1, -0.05) is 25.4 Å². The van der Waals surface area contributed by atoms with E-state index in [0.717, 1.165) is 11.4 Å². The zero-order valence-corrected chi connectivity index (χ0v) is 8.16. The van der Waals surface area contributed by atoms with Crippen LogP contribution in [-0.4, -0.2) is 4.98 Å².